The minimum absolute atomic E-state index is 0.117. The Bertz CT molecular complexity index is 751. The van der Waals surface area contributed by atoms with Crippen LogP contribution in [-0.2, 0) is 17.8 Å². The molecular formula is C22H30N4O. The predicted molar refractivity (Wildman–Crippen MR) is 109 cm³/mol. The van der Waals surface area contributed by atoms with Crippen molar-refractivity contribution in [1.82, 2.24) is 14.9 Å². The second kappa shape index (κ2) is 8.26. The summed E-state index contributed by atoms with van der Waals surface area (Å²) in [5, 5.41) is 6.45. The van der Waals surface area contributed by atoms with E-state index in [1.165, 1.54) is 31.5 Å². The van der Waals surface area contributed by atoms with E-state index in [-0.39, 0.29) is 5.91 Å². The molecular weight excluding hydrogens is 336 g/mol. The van der Waals surface area contributed by atoms with Gasteiger partial charge in [0.25, 0.3) is 0 Å². The lowest BCUT2D eigenvalue weighted by Crippen LogP contribution is -2.32. The number of rotatable bonds is 5. The highest BCUT2D eigenvalue weighted by Gasteiger charge is 2.22. The van der Waals surface area contributed by atoms with E-state index in [2.05, 4.69) is 40.5 Å². The molecule has 0 radical (unpaired) electrons. The lowest BCUT2D eigenvalue weighted by molar-refractivity contribution is -0.117. The number of aromatic nitrogens is 2. The van der Waals surface area contributed by atoms with Gasteiger partial charge in [-0.1, -0.05) is 19.1 Å². The Kier molecular flexibility index (Phi) is 5.58. The van der Waals surface area contributed by atoms with Crippen LogP contribution in [0.25, 0.3) is 11.3 Å². The lowest BCUT2D eigenvalue weighted by atomic mass is 9.84. The summed E-state index contributed by atoms with van der Waals surface area (Å²) in [6.07, 6.45) is 8.66. The predicted octanol–water partition coefficient (Wildman–Crippen LogP) is 3.85. The van der Waals surface area contributed by atoms with E-state index in [0.717, 1.165) is 43.0 Å². The van der Waals surface area contributed by atoms with Crippen LogP contribution in [0, 0.1) is 11.8 Å². The SMILES string of the molecule is CC(CC(=O)Nc1ccc(-c2cn3c(n2)CCCC3)cc1)C1CCNCC1. The highest BCUT2D eigenvalue weighted by atomic mass is 16.1. The van der Waals surface area contributed by atoms with Crippen molar-refractivity contribution in [1.29, 1.82) is 0 Å². The summed E-state index contributed by atoms with van der Waals surface area (Å²) < 4.78 is 2.27. The first kappa shape index (κ1) is 18.2. The number of anilines is 1. The maximum Gasteiger partial charge on any atom is 0.224 e. The van der Waals surface area contributed by atoms with Crippen LogP contribution in [0.15, 0.2) is 30.5 Å². The number of carbonyl (C=O) groups excluding carboxylic acids is 1. The molecule has 5 heteroatoms. The second-order valence-electron chi connectivity index (χ2n) is 8.09. The topological polar surface area (TPSA) is 59.0 Å². The number of fused-ring (bicyclic) bond motifs is 1. The van der Waals surface area contributed by atoms with Gasteiger partial charge < -0.3 is 15.2 Å². The van der Waals surface area contributed by atoms with Crippen LogP contribution in [0.3, 0.4) is 0 Å². The number of nitrogens with one attached hydrogen (secondary N) is 2. The van der Waals surface area contributed by atoms with Gasteiger partial charge >= 0.3 is 0 Å². The van der Waals surface area contributed by atoms with Crippen molar-refractivity contribution in [2.75, 3.05) is 18.4 Å². The number of aryl methyl sites for hydroxylation is 2. The van der Waals surface area contributed by atoms with E-state index in [9.17, 15) is 4.79 Å². The number of nitrogens with zero attached hydrogens (tertiary/aromatic N) is 2. The van der Waals surface area contributed by atoms with Crippen molar-refractivity contribution in [2.45, 2.75) is 52.0 Å². The summed E-state index contributed by atoms with van der Waals surface area (Å²) in [5.74, 6) is 2.40. The standard InChI is InChI=1S/C22H30N4O/c1-16(17-9-11-23-12-10-17)14-22(27)24-19-7-5-18(6-8-19)20-15-26-13-3-2-4-21(26)25-20/h5-8,15-17,23H,2-4,9-14H2,1H3,(H,24,27). The van der Waals surface area contributed by atoms with Gasteiger partial charge in [-0.3, -0.25) is 4.79 Å². The highest BCUT2D eigenvalue weighted by molar-refractivity contribution is 5.91. The van der Waals surface area contributed by atoms with Crippen LogP contribution in [-0.4, -0.2) is 28.5 Å². The minimum atomic E-state index is 0.117. The zero-order valence-electron chi connectivity index (χ0n) is 16.2. The third-order valence-electron chi connectivity index (χ3n) is 6.07. The van der Waals surface area contributed by atoms with Gasteiger partial charge in [-0.2, -0.15) is 0 Å². The molecule has 0 spiro atoms. The first-order valence-electron chi connectivity index (χ1n) is 10.4. The molecule has 1 aromatic heterocycles. The van der Waals surface area contributed by atoms with Crippen LogP contribution in [0.1, 0.15) is 44.9 Å². The zero-order valence-corrected chi connectivity index (χ0v) is 16.2. The number of benzene rings is 1. The Hall–Kier alpha value is -2.14. The molecule has 1 aromatic carbocycles. The van der Waals surface area contributed by atoms with Gasteiger partial charge in [-0.05, 0) is 62.7 Å². The minimum Gasteiger partial charge on any atom is -0.334 e. The number of hydrogen-bond donors (Lipinski definition) is 2. The maximum absolute atomic E-state index is 12.4. The van der Waals surface area contributed by atoms with Gasteiger partial charge in [0.2, 0.25) is 5.91 Å². The molecule has 1 amide bonds. The van der Waals surface area contributed by atoms with Crippen LogP contribution >= 0.6 is 0 Å². The molecule has 5 nitrogen and oxygen atoms in total. The summed E-state index contributed by atoms with van der Waals surface area (Å²) in [7, 11) is 0. The quantitative estimate of drug-likeness (QED) is 0.845. The lowest BCUT2D eigenvalue weighted by Gasteiger charge is -2.27. The fourth-order valence-corrected chi connectivity index (χ4v) is 4.36. The monoisotopic (exact) mass is 366 g/mol. The van der Waals surface area contributed by atoms with Gasteiger partial charge in [0.1, 0.15) is 5.82 Å². The Labute approximate surface area is 161 Å². The Morgan fingerprint density at radius 2 is 2.04 bits per heavy atom. The van der Waals surface area contributed by atoms with E-state index < -0.39 is 0 Å². The number of imidazole rings is 1. The molecule has 3 heterocycles. The number of piperidine rings is 1. The first-order chi connectivity index (χ1) is 13.2. The molecule has 1 unspecified atom stereocenters. The first-order valence-corrected chi connectivity index (χ1v) is 10.4. The number of hydrogen-bond acceptors (Lipinski definition) is 3. The maximum atomic E-state index is 12.4. The largest absolute Gasteiger partial charge is 0.334 e. The smallest absolute Gasteiger partial charge is 0.224 e. The fraction of sp³-hybridized carbons (Fsp3) is 0.545. The van der Waals surface area contributed by atoms with Crippen LogP contribution < -0.4 is 10.6 Å². The molecule has 0 saturated carbocycles. The number of carbonyl (C=O) groups is 1. The summed E-state index contributed by atoms with van der Waals surface area (Å²) in [6.45, 7) is 5.44. The van der Waals surface area contributed by atoms with Crippen molar-refractivity contribution < 1.29 is 4.79 Å². The molecule has 1 fully saturated rings. The van der Waals surface area contributed by atoms with Gasteiger partial charge in [0.05, 0.1) is 5.69 Å². The molecule has 2 aromatic rings. The molecule has 144 valence electrons. The average molecular weight is 367 g/mol. The summed E-state index contributed by atoms with van der Waals surface area (Å²) >= 11 is 0. The van der Waals surface area contributed by atoms with Crippen LogP contribution in [0.2, 0.25) is 0 Å². The van der Waals surface area contributed by atoms with Gasteiger partial charge in [0.15, 0.2) is 0 Å². The Balaban J connectivity index is 1.34. The van der Waals surface area contributed by atoms with Crippen molar-refractivity contribution in [3.63, 3.8) is 0 Å². The van der Waals surface area contributed by atoms with Gasteiger partial charge in [0, 0.05) is 36.8 Å². The van der Waals surface area contributed by atoms with E-state index in [0.29, 0.717) is 18.3 Å². The van der Waals surface area contributed by atoms with E-state index in [1.807, 2.05) is 12.1 Å². The average Bonchev–Trinajstić information content (AvgIpc) is 3.13. The fourth-order valence-electron chi connectivity index (χ4n) is 4.36. The van der Waals surface area contributed by atoms with Crippen molar-refractivity contribution in [3.8, 4) is 11.3 Å². The molecule has 4 rings (SSSR count). The van der Waals surface area contributed by atoms with Crippen molar-refractivity contribution in [3.05, 3.63) is 36.3 Å². The van der Waals surface area contributed by atoms with Crippen LogP contribution in [0.5, 0.6) is 0 Å². The summed E-state index contributed by atoms with van der Waals surface area (Å²) in [4.78, 5) is 17.2. The molecule has 1 saturated heterocycles. The normalized spacial score (nSPS) is 18.7. The van der Waals surface area contributed by atoms with E-state index >= 15 is 0 Å². The molecule has 0 aliphatic carbocycles. The molecule has 1 atom stereocenters. The molecule has 2 aliphatic heterocycles. The van der Waals surface area contributed by atoms with E-state index in [4.69, 9.17) is 4.98 Å². The third kappa shape index (κ3) is 4.41. The van der Waals surface area contributed by atoms with Crippen molar-refractivity contribution >= 4 is 11.6 Å². The Morgan fingerprint density at radius 1 is 1.26 bits per heavy atom. The molecule has 2 aliphatic rings. The van der Waals surface area contributed by atoms with Crippen molar-refractivity contribution in [2.24, 2.45) is 11.8 Å². The van der Waals surface area contributed by atoms with Crippen LogP contribution in [0.4, 0.5) is 5.69 Å². The van der Waals surface area contributed by atoms with Gasteiger partial charge in [-0.25, -0.2) is 4.98 Å². The number of amides is 1. The second-order valence-corrected chi connectivity index (χ2v) is 8.09. The highest BCUT2D eigenvalue weighted by Crippen LogP contribution is 2.26. The summed E-state index contributed by atoms with van der Waals surface area (Å²) in [6, 6.07) is 8.09. The third-order valence-corrected chi connectivity index (χ3v) is 6.07. The summed E-state index contributed by atoms with van der Waals surface area (Å²) in [5.41, 5.74) is 3.01. The Morgan fingerprint density at radius 3 is 2.78 bits per heavy atom. The molecule has 27 heavy (non-hydrogen) atoms. The van der Waals surface area contributed by atoms with E-state index in [1.54, 1.807) is 0 Å². The molecule has 0 bridgehead atoms. The zero-order chi connectivity index (χ0) is 18.6. The molecule has 2 N–H and O–H groups in total. The van der Waals surface area contributed by atoms with Gasteiger partial charge in [-0.15, -0.1) is 0 Å².